The lowest BCUT2D eigenvalue weighted by atomic mass is 9.83. The molecule has 2 aromatic rings. The fraction of sp³-hybridized carbons (Fsp3) is 0.385. The molecule has 0 aliphatic carbocycles. The number of benzene rings is 2. The van der Waals surface area contributed by atoms with Gasteiger partial charge in [0, 0.05) is 25.3 Å². The van der Waals surface area contributed by atoms with Crippen molar-refractivity contribution in [2.24, 2.45) is 0 Å². The highest BCUT2D eigenvalue weighted by Gasteiger charge is 2.43. The molecule has 174 valence electrons. The predicted octanol–water partition coefficient (Wildman–Crippen LogP) is 4.56. The van der Waals surface area contributed by atoms with Crippen LogP contribution in [0.5, 0.6) is 0 Å². The summed E-state index contributed by atoms with van der Waals surface area (Å²) in [4.78, 5) is 27.7. The quantitative estimate of drug-likeness (QED) is 0.574. The van der Waals surface area contributed by atoms with Crippen molar-refractivity contribution in [2.45, 2.75) is 37.0 Å². The van der Waals surface area contributed by atoms with Crippen LogP contribution in [0.1, 0.15) is 36.8 Å². The van der Waals surface area contributed by atoms with Crippen LogP contribution in [0, 0.1) is 0 Å². The summed E-state index contributed by atoms with van der Waals surface area (Å²) in [7, 11) is 0. The summed E-state index contributed by atoms with van der Waals surface area (Å²) in [6.45, 7) is 2.37. The Bertz CT molecular complexity index is 988. The van der Waals surface area contributed by atoms with Gasteiger partial charge in [0.1, 0.15) is 16.3 Å². The molecule has 0 spiro atoms. The van der Waals surface area contributed by atoms with Crippen LogP contribution >= 0.6 is 11.8 Å². The van der Waals surface area contributed by atoms with E-state index in [4.69, 9.17) is 9.47 Å². The van der Waals surface area contributed by atoms with E-state index in [-0.39, 0.29) is 23.0 Å². The van der Waals surface area contributed by atoms with Crippen LogP contribution in [0.4, 0.5) is 0 Å². The highest BCUT2D eigenvalue weighted by atomic mass is 32.2. The van der Waals surface area contributed by atoms with E-state index in [0.29, 0.717) is 51.3 Å². The Morgan fingerprint density at radius 3 is 2.36 bits per heavy atom. The molecule has 0 bridgehead atoms. The molecule has 1 N–H and O–H groups in total. The van der Waals surface area contributed by atoms with Gasteiger partial charge >= 0.3 is 5.97 Å². The third-order valence-corrected chi connectivity index (χ3v) is 7.22. The van der Waals surface area contributed by atoms with Gasteiger partial charge in [-0.15, -0.1) is 11.8 Å². The number of carbonyl (C=O) groups excluding carboxylic acids is 2. The van der Waals surface area contributed by atoms with E-state index < -0.39 is 11.6 Å². The van der Waals surface area contributed by atoms with Crippen LogP contribution in [-0.2, 0) is 30.4 Å². The number of hydrogen-bond donors (Lipinski definition) is 1. The number of carbonyl (C=O) groups is 2. The molecule has 2 aromatic carbocycles. The van der Waals surface area contributed by atoms with Crippen molar-refractivity contribution in [1.82, 2.24) is 4.90 Å². The molecule has 1 saturated heterocycles. The van der Waals surface area contributed by atoms with Crippen LogP contribution in [0.25, 0.3) is 0 Å². The number of amides is 1. The number of rotatable bonds is 8. The molecule has 4 rings (SSSR count). The van der Waals surface area contributed by atoms with E-state index in [1.165, 1.54) is 11.8 Å². The molecule has 0 saturated carbocycles. The number of nitrogens with zero attached hydrogens (tertiary/aromatic N) is 1. The van der Waals surface area contributed by atoms with Crippen molar-refractivity contribution < 1.29 is 24.2 Å². The average Bonchev–Trinajstić information content (AvgIpc) is 2.85. The van der Waals surface area contributed by atoms with Gasteiger partial charge in [0.05, 0.1) is 19.6 Å². The van der Waals surface area contributed by atoms with Crippen LogP contribution in [-0.4, -0.2) is 48.2 Å². The molecular weight excluding hydrogens is 438 g/mol. The zero-order chi connectivity index (χ0) is 23.1. The van der Waals surface area contributed by atoms with Gasteiger partial charge in [-0.05, 0) is 24.0 Å². The number of thioether (sulfide) groups is 1. The number of aliphatic hydroxyl groups is 1. The van der Waals surface area contributed by atoms with E-state index in [1.54, 1.807) is 0 Å². The van der Waals surface area contributed by atoms with Crippen molar-refractivity contribution in [3.05, 3.63) is 82.5 Å². The second kappa shape index (κ2) is 10.9. The van der Waals surface area contributed by atoms with E-state index in [1.807, 2.05) is 65.6 Å². The molecule has 7 heteroatoms. The smallest absolute Gasteiger partial charge is 0.348 e. The second-order valence-corrected chi connectivity index (χ2v) is 9.31. The molecule has 2 aliphatic heterocycles. The summed E-state index contributed by atoms with van der Waals surface area (Å²) in [6, 6.07) is 19.3. The fourth-order valence-electron chi connectivity index (χ4n) is 4.28. The summed E-state index contributed by atoms with van der Waals surface area (Å²) in [5.41, 5.74) is 0.915. The minimum atomic E-state index is -0.982. The summed E-state index contributed by atoms with van der Waals surface area (Å²) in [6.07, 6.45) is 1.58. The van der Waals surface area contributed by atoms with Crippen LogP contribution in [0.2, 0.25) is 0 Å². The van der Waals surface area contributed by atoms with Crippen LogP contribution in [0.3, 0.4) is 0 Å². The summed E-state index contributed by atoms with van der Waals surface area (Å²) >= 11 is 1.29. The molecule has 1 amide bonds. The summed E-state index contributed by atoms with van der Waals surface area (Å²) in [5.74, 6) is 0.197. The standard InChI is InChI=1S/C26H29NO5S/c28-22-18-26(21-10-5-2-6-11-21,13-7-12-23(29)27-14-16-31-17-15-27)32-25(30)24(22)33-19-20-8-3-1-4-9-20/h1-6,8-11,28H,7,12-19H2. The van der Waals surface area contributed by atoms with Crippen molar-refractivity contribution in [2.75, 3.05) is 26.3 Å². The maximum Gasteiger partial charge on any atom is 0.348 e. The first kappa shape index (κ1) is 23.4. The topological polar surface area (TPSA) is 76.1 Å². The third-order valence-electron chi connectivity index (χ3n) is 6.05. The number of ether oxygens (including phenoxy) is 2. The van der Waals surface area contributed by atoms with Crippen LogP contribution in [0.15, 0.2) is 71.3 Å². The molecule has 1 atom stereocenters. The highest BCUT2D eigenvalue weighted by Crippen LogP contribution is 2.44. The lowest BCUT2D eigenvalue weighted by molar-refractivity contribution is -0.160. The molecule has 2 aliphatic rings. The zero-order valence-corrected chi connectivity index (χ0v) is 19.4. The van der Waals surface area contributed by atoms with Gasteiger partial charge in [-0.2, -0.15) is 0 Å². The number of aliphatic hydroxyl groups excluding tert-OH is 1. The third kappa shape index (κ3) is 5.78. The Balaban J connectivity index is 1.47. The molecule has 0 radical (unpaired) electrons. The largest absolute Gasteiger partial charge is 0.511 e. The molecule has 6 nitrogen and oxygen atoms in total. The maximum atomic E-state index is 13.0. The van der Waals surface area contributed by atoms with Gasteiger partial charge in [-0.3, -0.25) is 4.79 Å². The van der Waals surface area contributed by atoms with Gasteiger partial charge in [0.15, 0.2) is 0 Å². The van der Waals surface area contributed by atoms with Gasteiger partial charge in [0.2, 0.25) is 5.91 Å². The minimum Gasteiger partial charge on any atom is -0.511 e. The summed E-state index contributed by atoms with van der Waals surface area (Å²) in [5, 5.41) is 10.9. The highest BCUT2D eigenvalue weighted by molar-refractivity contribution is 8.03. The molecule has 2 heterocycles. The van der Waals surface area contributed by atoms with Gasteiger partial charge < -0.3 is 19.5 Å². The summed E-state index contributed by atoms with van der Waals surface area (Å²) < 4.78 is 11.4. The van der Waals surface area contributed by atoms with Gasteiger partial charge in [-0.25, -0.2) is 4.79 Å². The van der Waals surface area contributed by atoms with Crippen molar-refractivity contribution in [3.8, 4) is 0 Å². The van der Waals surface area contributed by atoms with E-state index in [0.717, 1.165) is 11.1 Å². The number of morpholine rings is 1. The molecular formula is C26H29NO5S. The lowest BCUT2D eigenvalue weighted by Crippen LogP contribution is -2.41. The minimum absolute atomic E-state index is 0.0514. The van der Waals surface area contributed by atoms with Crippen molar-refractivity contribution in [3.63, 3.8) is 0 Å². The van der Waals surface area contributed by atoms with Crippen molar-refractivity contribution >= 4 is 23.6 Å². The normalized spacial score (nSPS) is 21.1. The predicted molar refractivity (Wildman–Crippen MR) is 127 cm³/mol. The monoisotopic (exact) mass is 467 g/mol. The molecule has 1 fully saturated rings. The maximum absolute atomic E-state index is 13.0. The molecule has 33 heavy (non-hydrogen) atoms. The number of esters is 1. The Morgan fingerprint density at radius 2 is 1.70 bits per heavy atom. The first-order valence-corrected chi connectivity index (χ1v) is 12.3. The second-order valence-electron chi connectivity index (χ2n) is 8.32. The van der Waals surface area contributed by atoms with Gasteiger partial charge in [0.25, 0.3) is 0 Å². The molecule has 0 aromatic heterocycles. The zero-order valence-electron chi connectivity index (χ0n) is 18.6. The van der Waals surface area contributed by atoms with Crippen LogP contribution < -0.4 is 0 Å². The number of hydrogen-bond acceptors (Lipinski definition) is 6. The first-order valence-electron chi connectivity index (χ1n) is 11.3. The Kier molecular flexibility index (Phi) is 7.73. The average molecular weight is 468 g/mol. The Morgan fingerprint density at radius 1 is 1.03 bits per heavy atom. The number of cyclic esters (lactones) is 1. The Hall–Kier alpha value is -2.77. The lowest BCUT2D eigenvalue weighted by Gasteiger charge is -2.37. The van der Waals surface area contributed by atoms with Gasteiger partial charge in [-0.1, -0.05) is 60.7 Å². The van der Waals surface area contributed by atoms with E-state index in [9.17, 15) is 14.7 Å². The Labute approximate surface area is 198 Å². The molecule has 1 unspecified atom stereocenters. The fourth-order valence-corrected chi connectivity index (χ4v) is 5.18. The SMILES string of the molecule is O=C1OC(CCCC(=O)N2CCOCC2)(c2ccccc2)CC(O)=C1SCc1ccccc1. The van der Waals surface area contributed by atoms with E-state index in [2.05, 4.69) is 0 Å². The van der Waals surface area contributed by atoms with E-state index >= 15 is 0 Å². The van der Waals surface area contributed by atoms with Crippen molar-refractivity contribution in [1.29, 1.82) is 0 Å². The first-order chi connectivity index (χ1) is 16.1.